The molecule has 4 heteroatoms. The Balaban J connectivity index is 2.11. The minimum atomic E-state index is -0.808. The molecule has 1 atom stereocenters. The van der Waals surface area contributed by atoms with Gasteiger partial charge in [0, 0.05) is 12.1 Å². The molecular formula is C15H19F2NO. The van der Waals surface area contributed by atoms with Gasteiger partial charge in [0.25, 0.3) is 5.91 Å². The summed E-state index contributed by atoms with van der Waals surface area (Å²) in [6.45, 7) is 5.83. The normalized spacial score (nSPS) is 21.4. The number of hydrogen-bond acceptors (Lipinski definition) is 1. The van der Waals surface area contributed by atoms with E-state index in [1.807, 2.05) is 0 Å². The molecule has 0 bridgehead atoms. The summed E-state index contributed by atoms with van der Waals surface area (Å²) in [7, 11) is 0. The molecule has 1 aliphatic rings. The third-order valence-corrected chi connectivity index (χ3v) is 3.80. The molecule has 0 radical (unpaired) electrons. The van der Waals surface area contributed by atoms with Gasteiger partial charge in [-0.2, -0.15) is 0 Å². The van der Waals surface area contributed by atoms with E-state index < -0.39 is 17.5 Å². The van der Waals surface area contributed by atoms with Crippen LogP contribution in [-0.2, 0) is 0 Å². The molecule has 0 saturated heterocycles. The van der Waals surface area contributed by atoms with E-state index in [2.05, 4.69) is 19.2 Å². The minimum absolute atomic E-state index is 0.0762. The molecular weight excluding hydrogens is 248 g/mol. The summed E-state index contributed by atoms with van der Waals surface area (Å²) >= 11 is 0. The van der Waals surface area contributed by atoms with Crippen LogP contribution in [0, 0.1) is 24.0 Å². The molecule has 1 unspecified atom stereocenters. The number of carbonyl (C=O) groups excluding carboxylic acids is 1. The van der Waals surface area contributed by atoms with Crippen molar-refractivity contribution in [2.45, 2.75) is 46.1 Å². The Bertz CT molecular complexity index is 511. The Morgan fingerprint density at radius 2 is 2.00 bits per heavy atom. The Morgan fingerprint density at radius 1 is 1.32 bits per heavy atom. The van der Waals surface area contributed by atoms with Crippen LogP contribution in [-0.4, -0.2) is 11.9 Å². The predicted octanol–water partition coefficient (Wildman–Crippen LogP) is 3.58. The van der Waals surface area contributed by atoms with Crippen LogP contribution in [0.5, 0.6) is 0 Å². The van der Waals surface area contributed by atoms with Gasteiger partial charge < -0.3 is 5.32 Å². The zero-order chi connectivity index (χ0) is 14.2. The second kappa shape index (κ2) is 4.91. The van der Waals surface area contributed by atoms with E-state index in [4.69, 9.17) is 0 Å². The van der Waals surface area contributed by atoms with Gasteiger partial charge in [-0.25, -0.2) is 8.78 Å². The van der Waals surface area contributed by atoms with Crippen LogP contribution in [0.2, 0.25) is 0 Å². The first-order valence-electron chi connectivity index (χ1n) is 6.55. The zero-order valence-electron chi connectivity index (χ0n) is 11.5. The van der Waals surface area contributed by atoms with E-state index in [1.165, 1.54) is 13.0 Å². The number of hydrogen-bond donors (Lipinski definition) is 1. The Hall–Kier alpha value is -1.45. The Kier molecular flexibility index (Phi) is 3.61. The number of nitrogens with one attached hydrogen (secondary N) is 1. The van der Waals surface area contributed by atoms with Crippen LogP contribution in [0.25, 0.3) is 0 Å². The van der Waals surface area contributed by atoms with E-state index in [-0.39, 0.29) is 22.6 Å². The van der Waals surface area contributed by atoms with Crippen molar-refractivity contribution in [3.05, 3.63) is 34.9 Å². The van der Waals surface area contributed by atoms with Gasteiger partial charge in [-0.1, -0.05) is 13.8 Å². The summed E-state index contributed by atoms with van der Waals surface area (Å²) in [5.74, 6) is -1.89. The summed E-state index contributed by atoms with van der Waals surface area (Å²) in [6.07, 6.45) is 2.84. The van der Waals surface area contributed by atoms with E-state index in [1.54, 1.807) is 0 Å². The molecule has 1 fully saturated rings. The average molecular weight is 267 g/mol. The molecule has 0 aromatic heterocycles. The van der Waals surface area contributed by atoms with Crippen LogP contribution >= 0.6 is 0 Å². The Morgan fingerprint density at radius 3 is 2.58 bits per heavy atom. The third kappa shape index (κ3) is 3.11. The van der Waals surface area contributed by atoms with Crippen molar-refractivity contribution in [1.82, 2.24) is 5.32 Å². The quantitative estimate of drug-likeness (QED) is 0.871. The van der Waals surface area contributed by atoms with Crippen molar-refractivity contribution in [1.29, 1.82) is 0 Å². The molecule has 1 aliphatic carbocycles. The molecule has 0 spiro atoms. The van der Waals surface area contributed by atoms with Gasteiger partial charge in [-0.15, -0.1) is 0 Å². The van der Waals surface area contributed by atoms with Crippen molar-refractivity contribution < 1.29 is 13.6 Å². The first kappa shape index (κ1) is 14.0. The van der Waals surface area contributed by atoms with E-state index >= 15 is 0 Å². The summed E-state index contributed by atoms with van der Waals surface area (Å²) in [4.78, 5) is 12.0. The number of amides is 1. The van der Waals surface area contributed by atoms with Gasteiger partial charge in [0.15, 0.2) is 0 Å². The molecule has 1 amide bonds. The molecule has 2 nitrogen and oxygen atoms in total. The SMILES string of the molecule is Cc1cc(C(=O)NC2CCC(C)(C)C2)c(F)cc1F. The zero-order valence-corrected chi connectivity index (χ0v) is 11.5. The third-order valence-electron chi connectivity index (χ3n) is 3.80. The van der Waals surface area contributed by atoms with Crippen LogP contribution in [0.3, 0.4) is 0 Å². The number of aryl methyl sites for hydroxylation is 1. The van der Waals surface area contributed by atoms with Gasteiger partial charge in [-0.3, -0.25) is 4.79 Å². The lowest BCUT2D eigenvalue weighted by molar-refractivity contribution is 0.0931. The molecule has 104 valence electrons. The van der Waals surface area contributed by atoms with Gasteiger partial charge in [0.1, 0.15) is 11.6 Å². The highest BCUT2D eigenvalue weighted by atomic mass is 19.1. The maximum Gasteiger partial charge on any atom is 0.254 e. The monoisotopic (exact) mass is 267 g/mol. The summed E-state index contributed by atoms with van der Waals surface area (Å²) in [5.41, 5.74) is 0.414. The molecule has 19 heavy (non-hydrogen) atoms. The first-order chi connectivity index (χ1) is 8.78. The van der Waals surface area contributed by atoms with Gasteiger partial charge in [0.05, 0.1) is 5.56 Å². The summed E-state index contributed by atoms with van der Waals surface area (Å²) < 4.78 is 26.8. The highest BCUT2D eigenvalue weighted by Crippen LogP contribution is 2.37. The first-order valence-corrected chi connectivity index (χ1v) is 6.55. The van der Waals surface area contributed by atoms with Crippen molar-refractivity contribution in [3.8, 4) is 0 Å². The van der Waals surface area contributed by atoms with Crippen molar-refractivity contribution in [2.24, 2.45) is 5.41 Å². The fourth-order valence-electron chi connectivity index (χ4n) is 2.65. The summed E-state index contributed by atoms with van der Waals surface area (Å²) in [6, 6.07) is 2.11. The minimum Gasteiger partial charge on any atom is -0.349 e. The largest absolute Gasteiger partial charge is 0.349 e. The lowest BCUT2D eigenvalue weighted by Crippen LogP contribution is -2.34. The molecule has 0 heterocycles. The number of carbonyl (C=O) groups is 1. The Labute approximate surface area is 112 Å². The van der Waals surface area contributed by atoms with Gasteiger partial charge >= 0.3 is 0 Å². The topological polar surface area (TPSA) is 29.1 Å². The maximum atomic E-state index is 13.6. The van der Waals surface area contributed by atoms with Crippen LogP contribution in [0.1, 0.15) is 49.0 Å². The van der Waals surface area contributed by atoms with Crippen LogP contribution in [0.15, 0.2) is 12.1 Å². The second-order valence-corrected chi connectivity index (χ2v) is 6.16. The fourth-order valence-corrected chi connectivity index (χ4v) is 2.65. The number of rotatable bonds is 2. The lowest BCUT2D eigenvalue weighted by atomic mass is 9.92. The van der Waals surface area contributed by atoms with E-state index in [0.29, 0.717) is 0 Å². The number of halogens is 2. The molecule has 1 saturated carbocycles. The standard InChI is InChI=1S/C15H19F2NO/c1-9-6-11(13(17)7-12(9)16)14(19)18-10-4-5-15(2,3)8-10/h6-7,10H,4-5,8H2,1-3H3,(H,18,19). The van der Waals surface area contributed by atoms with Crippen LogP contribution in [0.4, 0.5) is 8.78 Å². The van der Waals surface area contributed by atoms with Crippen molar-refractivity contribution >= 4 is 5.91 Å². The van der Waals surface area contributed by atoms with Crippen LogP contribution < -0.4 is 5.32 Å². The maximum absolute atomic E-state index is 13.6. The smallest absolute Gasteiger partial charge is 0.254 e. The van der Waals surface area contributed by atoms with Crippen molar-refractivity contribution in [3.63, 3.8) is 0 Å². The lowest BCUT2D eigenvalue weighted by Gasteiger charge is -2.18. The predicted molar refractivity (Wildman–Crippen MR) is 70.0 cm³/mol. The average Bonchev–Trinajstić information content (AvgIpc) is 2.63. The highest BCUT2D eigenvalue weighted by molar-refractivity contribution is 5.94. The van der Waals surface area contributed by atoms with Gasteiger partial charge in [-0.05, 0) is 43.2 Å². The molecule has 0 aliphatic heterocycles. The fraction of sp³-hybridized carbons (Fsp3) is 0.533. The molecule has 1 aromatic rings. The van der Waals surface area contributed by atoms with Gasteiger partial charge in [0.2, 0.25) is 0 Å². The molecule has 1 N–H and O–H groups in total. The number of benzene rings is 1. The van der Waals surface area contributed by atoms with E-state index in [0.717, 1.165) is 25.3 Å². The highest BCUT2D eigenvalue weighted by Gasteiger charge is 2.32. The molecule has 2 rings (SSSR count). The van der Waals surface area contributed by atoms with Crippen molar-refractivity contribution in [2.75, 3.05) is 0 Å². The van der Waals surface area contributed by atoms with E-state index in [9.17, 15) is 13.6 Å². The summed E-state index contributed by atoms with van der Waals surface area (Å²) in [5, 5.41) is 2.84. The molecule has 1 aromatic carbocycles. The second-order valence-electron chi connectivity index (χ2n) is 6.16.